The molecular weight excluding hydrogens is 390 g/mol. The maximum Gasteiger partial charge on any atom is 0.0556 e. The highest BCUT2D eigenvalue weighted by Gasteiger charge is 2.26. The van der Waals surface area contributed by atoms with Gasteiger partial charge in [0.05, 0.1) is 11.4 Å². The molecule has 6 heteroatoms. The summed E-state index contributed by atoms with van der Waals surface area (Å²) in [6.45, 7) is 6.14. The summed E-state index contributed by atoms with van der Waals surface area (Å²) in [5.41, 5.74) is 2.40. The van der Waals surface area contributed by atoms with Crippen LogP contribution in [0.1, 0.15) is 76.1 Å². The third-order valence-electron chi connectivity index (χ3n) is 6.94. The molecule has 0 aromatic carbocycles. The van der Waals surface area contributed by atoms with Crippen molar-refractivity contribution in [2.24, 2.45) is 0 Å². The third-order valence-corrected chi connectivity index (χ3v) is 8.12. The highest BCUT2D eigenvalue weighted by molar-refractivity contribution is 7.99. The monoisotopic (exact) mass is 431 g/mol. The first-order valence-corrected chi connectivity index (χ1v) is 13.4. The van der Waals surface area contributed by atoms with Crippen LogP contribution in [0.5, 0.6) is 0 Å². The van der Waals surface area contributed by atoms with Crippen molar-refractivity contribution in [1.82, 2.24) is 26.3 Å². The maximum absolute atomic E-state index is 5.05. The minimum atomic E-state index is 0.557. The van der Waals surface area contributed by atoms with Gasteiger partial charge >= 0.3 is 0 Å². The molecule has 1 aromatic rings. The largest absolute Gasteiger partial charge is 0.311 e. The van der Waals surface area contributed by atoms with E-state index in [9.17, 15) is 0 Å². The lowest BCUT2D eigenvalue weighted by molar-refractivity contribution is 0.266. The Kier molecular flexibility index (Phi) is 8.87. The van der Waals surface area contributed by atoms with Crippen LogP contribution in [-0.4, -0.2) is 48.0 Å². The molecule has 2 aliphatic carbocycles. The summed E-state index contributed by atoms with van der Waals surface area (Å²) >= 11 is 1.97. The molecule has 30 heavy (non-hydrogen) atoms. The summed E-state index contributed by atoms with van der Waals surface area (Å²) in [5.74, 6) is 1.17. The van der Waals surface area contributed by atoms with Crippen LogP contribution in [-0.2, 0) is 13.1 Å². The zero-order valence-corrected chi connectivity index (χ0v) is 19.5. The Hall–Kier alpha value is -0.660. The van der Waals surface area contributed by atoms with E-state index in [1.54, 1.807) is 0 Å². The Morgan fingerprint density at radius 3 is 1.70 bits per heavy atom. The zero-order chi connectivity index (χ0) is 20.6. The van der Waals surface area contributed by atoms with E-state index in [1.807, 2.05) is 11.8 Å². The lowest BCUT2D eigenvalue weighted by Crippen LogP contribution is -2.53. The van der Waals surface area contributed by atoms with E-state index in [-0.39, 0.29) is 0 Å². The van der Waals surface area contributed by atoms with Gasteiger partial charge in [0.1, 0.15) is 0 Å². The van der Waals surface area contributed by atoms with E-state index in [0.717, 1.165) is 26.2 Å². The highest BCUT2D eigenvalue weighted by Crippen LogP contribution is 2.24. The summed E-state index contributed by atoms with van der Waals surface area (Å²) in [4.78, 5) is 6.42. The second kappa shape index (κ2) is 11.8. The average molecular weight is 432 g/mol. The highest BCUT2D eigenvalue weighted by atomic mass is 32.2. The molecule has 4 atom stereocenters. The van der Waals surface area contributed by atoms with Gasteiger partial charge in [0.25, 0.3) is 0 Å². The van der Waals surface area contributed by atoms with Crippen LogP contribution in [0, 0.1) is 0 Å². The first kappa shape index (κ1) is 22.5. The van der Waals surface area contributed by atoms with Crippen LogP contribution in [0.15, 0.2) is 17.0 Å². The Bertz CT molecular complexity index is 606. The molecule has 2 fully saturated rings. The number of nitrogens with one attached hydrogen (secondary N) is 4. The fourth-order valence-electron chi connectivity index (χ4n) is 5.33. The molecule has 2 saturated carbocycles. The van der Waals surface area contributed by atoms with E-state index < -0.39 is 0 Å². The normalized spacial score (nSPS) is 31.1. The number of hydrogen-bond acceptors (Lipinski definition) is 6. The average Bonchev–Trinajstić information content (AvgIpc) is 2.79. The van der Waals surface area contributed by atoms with Gasteiger partial charge in [-0.2, -0.15) is 0 Å². The van der Waals surface area contributed by atoms with E-state index in [2.05, 4.69) is 40.3 Å². The third kappa shape index (κ3) is 6.42. The van der Waals surface area contributed by atoms with Gasteiger partial charge in [-0.3, -0.25) is 4.98 Å². The smallest absolute Gasteiger partial charge is 0.0556 e. The Morgan fingerprint density at radius 2 is 1.23 bits per heavy atom. The lowest BCUT2D eigenvalue weighted by Gasteiger charge is -2.34. The molecule has 1 aromatic heterocycles. The van der Waals surface area contributed by atoms with Gasteiger partial charge in [0, 0.05) is 55.2 Å². The predicted octanol–water partition coefficient (Wildman–Crippen LogP) is 3.58. The Morgan fingerprint density at radius 1 is 0.767 bits per heavy atom. The van der Waals surface area contributed by atoms with Gasteiger partial charge in [-0.1, -0.05) is 32.6 Å². The number of nitrogens with zero attached hydrogens (tertiary/aromatic N) is 1. The Balaban J connectivity index is 1.52. The zero-order valence-electron chi connectivity index (χ0n) is 18.7. The number of pyridine rings is 1. The van der Waals surface area contributed by atoms with E-state index in [4.69, 9.17) is 4.98 Å². The predicted molar refractivity (Wildman–Crippen MR) is 127 cm³/mol. The quantitative estimate of drug-likeness (QED) is 0.549. The second-order valence-corrected chi connectivity index (χ2v) is 10.5. The number of fused-ring (bicyclic) bond motifs is 4. The van der Waals surface area contributed by atoms with Crippen LogP contribution in [0.2, 0.25) is 0 Å². The molecule has 5 nitrogen and oxygen atoms in total. The van der Waals surface area contributed by atoms with Crippen molar-refractivity contribution < 1.29 is 0 Å². The lowest BCUT2D eigenvalue weighted by atomic mass is 9.89. The summed E-state index contributed by atoms with van der Waals surface area (Å²) in [7, 11) is 0. The fraction of sp³-hybridized carbons (Fsp3) is 0.792. The van der Waals surface area contributed by atoms with Gasteiger partial charge in [0.15, 0.2) is 0 Å². The summed E-state index contributed by atoms with van der Waals surface area (Å²) in [6, 6.07) is 6.91. The summed E-state index contributed by atoms with van der Waals surface area (Å²) < 4.78 is 0. The molecule has 2 heterocycles. The standard InChI is InChI=1S/C24H41N5S/c1-2-13-30-20-14-18-16-27-23-9-5-3-7-21(23)25-11-12-26-22-8-4-6-10-24(22)28-17-19(15-20)29-18/h14-15,21-28H,2-13,16-17H2,1H3/t21-,22-,23-,24-/m1/s1. The van der Waals surface area contributed by atoms with Crippen molar-refractivity contribution >= 4 is 11.8 Å². The van der Waals surface area contributed by atoms with E-state index in [0.29, 0.717) is 24.2 Å². The molecule has 1 aliphatic heterocycles. The van der Waals surface area contributed by atoms with Crippen LogP contribution < -0.4 is 21.3 Å². The molecule has 0 amide bonds. The minimum Gasteiger partial charge on any atom is -0.311 e. The first-order valence-electron chi connectivity index (χ1n) is 12.4. The molecule has 168 valence electrons. The molecular formula is C24H41N5S. The van der Waals surface area contributed by atoms with Gasteiger partial charge in [-0.15, -0.1) is 11.8 Å². The number of aromatic nitrogens is 1. The van der Waals surface area contributed by atoms with Gasteiger partial charge in [-0.25, -0.2) is 0 Å². The van der Waals surface area contributed by atoms with Gasteiger partial charge < -0.3 is 21.3 Å². The molecule has 4 rings (SSSR count). The number of hydrogen-bond donors (Lipinski definition) is 4. The van der Waals surface area contributed by atoms with Gasteiger partial charge in [-0.05, 0) is 50.0 Å². The van der Waals surface area contributed by atoms with E-state index >= 15 is 0 Å². The van der Waals surface area contributed by atoms with Crippen LogP contribution in [0.25, 0.3) is 0 Å². The van der Waals surface area contributed by atoms with Crippen molar-refractivity contribution in [3.63, 3.8) is 0 Å². The number of thioether (sulfide) groups is 1. The van der Waals surface area contributed by atoms with Gasteiger partial charge in [0.2, 0.25) is 0 Å². The van der Waals surface area contributed by atoms with Crippen molar-refractivity contribution in [3.8, 4) is 0 Å². The minimum absolute atomic E-state index is 0.557. The van der Waals surface area contributed by atoms with Crippen molar-refractivity contribution in [1.29, 1.82) is 0 Å². The topological polar surface area (TPSA) is 61.0 Å². The van der Waals surface area contributed by atoms with Crippen molar-refractivity contribution in [3.05, 3.63) is 23.5 Å². The maximum atomic E-state index is 5.05. The molecule has 4 N–H and O–H groups in total. The van der Waals surface area contributed by atoms with E-state index in [1.165, 1.54) is 79.8 Å². The molecule has 0 saturated heterocycles. The van der Waals surface area contributed by atoms with Crippen molar-refractivity contribution in [2.75, 3.05) is 18.8 Å². The molecule has 2 bridgehead atoms. The summed E-state index contributed by atoms with van der Waals surface area (Å²) in [6.07, 6.45) is 11.7. The van der Waals surface area contributed by atoms with Crippen molar-refractivity contribution in [2.45, 2.75) is 107 Å². The SMILES string of the molecule is CCCSc1cc2nc(c1)CN[C@@H]1CCCC[C@H]1NCCN[C@@H]1CCCC[C@H]1NC2. The van der Waals surface area contributed by atoms with Crippen LogP contribution >= 0.6 is 11.8 Å². The Labute approximate surface area is 187 Å². The molecule has 0 spiro atoms. The number of rotatable bonds is 3. The fourth-order valence-corrected chi connectivity index (χ4v) is 6.21. The summed E-state index contributed by atoms with van der Waals surface area (Å²) in [5, 5.41) is 15.4. The van der Waals surface area contributed by atoms with Crippen LogP contribution in [0.4, 0.5) is 0 Å². The second-order valence-electron chi connectivity index (χ2n) is 9.30. The van der Waals surface area contributed by atoms with Crippen LogP contribution in [0.3, 0.4) is 0 Å². The molecule has 0 radical (unpaired) electrons. The molecule has 0 unspecified atom stereocenters. The molecule has 3 aliphatic rings. The first-order chi connectivity index (χ1) is 14.8.